The lowest BCUT2D eigenvalue weighted by Gasteiger charge is -2.05. The van der Waals surface area contributed by atoms with E-state index in [1.807, 2.05) is 12.1 Å². The molecule has 1 aliphatic heterocycles. The molecular weight excluding hydrogens is 243 g/mol. The summed E-state index contributed by atoms with van der Waals surface area (Å²) in [7, 11) is 0. The van der Waals surface area contributed by atoms with Crippen molar-refractivity contribution in [3.05, 3.63) is 64.5 Å². The number of ketones is 1. The first-order valence-corrected chi connectivity index (χ1v) is 6.21. The number of carbonyl (C=O) groups excluding carboxylic acids is 1. The molecule has 0 atom stereocenters. The van der Waals surface area contributed by atoms with Crippen LogP contribution in [0.5, 0.6) is 5.75 Å². The summed E-state index contributed by atoms with van der Waals surface area (Å²) in [6, 6.07) is 9.76. The second-order valence-corrected chi connectivity index (χ2v) is 4.77. The monoisotopic (exact) mass is 256 g/mol. The van der Waals surface area contributed by atoms with Gasteiger partial charge in [0.25, 0.3) is 0 Å². The second-order valence-electron chi connectivity index (χ2n) is 4.77. The van der Waals surface area contributed by atoms with Crippen molar-refractivity contribution in [3.8, 4) is 5.75 Å². The summed E-state index contributed by atoms with van der Waals surface area (Å²) in [5.41, 5.74) is 2.75. The molecule has 3 rings (SSSR count). The van der Waals surface area contributed by atoms with Crippen molar-refractivity contribution in [1.29, 1.82) is 0 Å². The molecule has 0 saturated carbocycles. The molecule has 0 aromatic heterocycles. The molecule has 0 radical (unpaired) electrons. The van der Waals surface area contributed by atoms with Gasteiger partial charge in [-0.3, -0.25) is 4.79 Å². The molecule has 0 spiro atoms. The maximum absolute atomic E-state index is 13.4. The highest BCUT2D eigenvalue weighted by Crippen LogP contribution is 2.27. The number of ether oxygens (including phenoxy) is 1. The average Bonchev–Trinajstić information content (AvgIpc) is 2.83. The molecule has 1 heterocycles. The number of hydrogen-bond acceptors (Lipinski definition) is 2. The van der Waals surface area contributed by atoms with Crippen LogP contribution >= 0.6 is 0 Å². The van der Waals surface area contributed by atoms with Crippen molar-refractivity contribution >= 4 is 5.78 Å². The fourth-order valence-electron chi connectivity index (χ4n) is 2.36. The van der Waals surface area contributed by atoms with Gasteiger partial charge in [0, 0.05) is 17.5 Å². The third-order valence-electron chi connectivity index (χ3n) is 3.26. The second kappa shape index (κ2) is 4.50. The molecule has 0 fully saturated rings. The van der Waals surface area contributed by atoms with E-state index in [1.54, 1.807) is 19.1 Å². The van der Waals surface area contributed by atoms with Crippen molar-refractivity contribution < 1.29 is 13.9 Å². The highest BCUT2D eigenvalue weighted by atomic mass is 19.1. The fraction of sp³-hybridized carbons (Fsp3) is 0.188. The Kier molecular flexibility index (Phi) is 2.82. The minimum atomic E-state index is -0.382. The first-order chi connectivity index (χ1) is 9.13. The molecule has 19 heavy (non-hydrogen) atoms. The van der Waals surface area contributed by atoms with Gasteiger partial charge in [0.2, 0.25) is 0 Å². The third kappa shape index (κ3) is 2.24. The molecule has 96 valence electrons. The minimum absolute atomic E-state index is 0.155. The Morgan fingerprint density at radius 1 is 1.16 bits per heavy atom. The maximum atomic E-state index is 13.4. The summed E-state index contributed by atoms with van der Waals surface area (Å²) in [5.74, 6) is 0.303. The first-order valence-electron chi connectivity index (χ1n) is 6.21. The zero-order chi connectivity index (χ0) is 13.4. The van der Waals surface area contributed by atoms with E-state index >= 15 is 0 Å². The number of aryl methyl sites for hydroxylation is 1. The van der Waals surface area contributed by atoms with E-state index < -0.39 is 0 Å². The average molecular weight is 256 g/mol. The van der Waals surface area contributed by atoms with Gasteiger partial charge in [0.15, 0.2) is 5.78 Å². The number of rotatable bonds is 2. The van der Waals surface area contributed by atoms with E-state index in [9.17, 15) is 9.18 Å². The Balaban J connectivity index is 1.99. The molecule has 1 aliphatic rings. The first kappa shape index (κ1) is 11.9. The number of hydrogen-bond donors (Lipinski definition) is 0. The Hall–Kier alpha value is -2.16. The summed E-state index contributed by atoms with van der Waals surface area (Å²) in [4.78, 5) is 12.3. The van der Waals surface area contributed by atoms with Gasteiger partial charge >= 0.3 is 0 Å². The van der Waals surface area contributed by atoms with Crippen LogP contribution in [0.2, 0.25) is 0 Å². The standard InChI is InChI=1S/C16H13FO2/c1-10-6-13(9-14(17)7-10)16(18)12-2-3-15-11(8-12)4-5-19-15/h2-3,6-9H,4-5H2,1H3. The van der Waals surface area contributed by atoms with Gasteiger partial charge in [-0.15, -0.1) is 0 Å². The molecule has 0 bridgehead atoms. The number of halogens is 1. The normalized spacial score (nSPS) is 12.9. The quantitative estimate of drug-likeness (QED) is 0.771. The highest BCUT2D eigenvalue weighted by Gasteiger charge is 2.16. The summed E-state index contributed by atoms with van der Waals surface area (Å²) in [5, 5.41) is 0. The molecule has 2 aromatic rings. The number of carbonyl (C=O) groups is 1. The third-order valence-corrected chi connectivity index (χ3v) is 3.26. The number of benzene rings is 2. The van der Waals surface area contributed by atoms with Crippen molar-refractivity contribution in [3.63, 3.8) is 0 Å². The van der Waals surface area contributed by atoms with Gasteiger partial charge in [0.1, 0.15) is 11.6 Å². The Morgan fingerprint density at radius 2 is 2.00 bits per heavy atom. The molecule has 0 unspecified atom stereocenters. The molecular formula is C16H13FO2. The summed E-state index contributed by atoms with van der Waals surface area (Å²) in [6.07, 6.45) is 0.818. The van der Waals surface area contributed by atoms with Crippen LogP contribution in [0.25, 0.3) is 0 Å². The van der Waals surface area contributed by atoms with Crippen LogP contribution < -0.4 is 4.74 Å². The predicted molar refractivity (Wildman–Crippen MR) is 70.2 cm³/mol. The van der Waals surface area contributed by atoms with Crippen LogP contribution in [0, 0.1) is 12.7 Å². The van der Waals surface area contributed by atoms with Crippen molar-refractivity contribution in [2.75, 3.05) is 6.61 Å². The van der Waals surface area contributed by atoms with Gasteiger partial charge in [-0.2, -0.15) is 0 Å². The number of fused-ring (bicyclic) bond motifs is 1. The topological polar surface area (TPSA) is 26.3 Å². The van der Waals surface area contributed by atoms with Crippen molar-refractivity contribution in [2.45, 2.75) is 13.3 Å². The van der Waals surface area contributed by atoms with Crippen LogP contribution in [-0.4, -0.2) is 12.4 Å². The molecule has 0 N–H and O–H groups in total. The summed E-state index contributed by atoms with van der Waals surface area (Å²) >= 11 is 0. The summed E-state index contributed by atoms with van der Waals surface area (Å²) < 4.78 is 18.8. The predicted octanol–water partition coefficient (Wildman–Crippen LogP) is 3.30. The lowest BCUT2D eigenvalue weighted by molar-refractivity contribution is 0.103. The Labute approximate surface area is 110 Å². The Bertz CT molecular complexity index is 642. The van der Waals surface area contributed by atoms with Gasteiger partial charge in [-0.1, -0.05) is 0 Å². The lowest BCUT2D eigenvalue weighted by atomic mass is 9.99. The van der Waals surface area contributed by atoms with E-state index in [0.717, 1.165) is 23.3 Å². The Morgan fingerprint density at radius 3 is 2.79 bits per heavy atom. The van der Waals surface area contributed by atoms with E-state index in [1.165, 1.54) is 12.1 Å². The van der Waals surface area contributed by atoms with Gasteiger partial charge in [0.05, 0.1) is 6.61 Å². The lowest BCUT2D eigenvalue weighted by Crippen LogP contribution is -2.03. The van der Waals surface area contributed by atoms with E-state index in [0.29, 0.717) is 17.7 Å². The van der Waals surface area contributed by atoms with Crippen molar-refractivity contribution in [2.24, 2.45) is 0 Å². The van der Waals surface area contributed by atoms with Gasteiger partial charge in [-0.25, -0.2) is 4.39 Å². The van der Waals surface area contributed by atoms with Crippen LogP contribution in [0.3, 0.4) is 0 Å². The zero-order valence-corrected chi connectivity index (χ0v) is 10.6. The smallest absolute Gasteiger partial charge is 0.193 e. The molecule has 0 aliphatic carbocycles. The van der Waals surface area contributed by atoms with Crippen LogP contribution in [0.15, 0.2) is 36.4 Å². The van der Waals surface area contributed by atoms with Crippen LogP contribution in [0.1, 0.15) is 27.0 Å². The van der Waals surface area contributed by atoms with Crippen molar-refractivity contribution in [1.82, 2.24) is 0 Å². The van der Waals surface area contributed by atoms with Gasteiger partial charge in [-0.05, 0) is 54.4 Å². The van der Waals surface area contributed by atoms with E-state index in [4.69, 9.17) is 4.74 Å². The van der Waals surface area contributed by atoms with E-state index in [2.05, 4.69) is 0 Å². The van der Waals surface area contributed by atoms with Crippen LogP contribution in [0.4, 0.5) is 4.39 Å². The molecule has 2 aromatic carbocycles. The summed E-state index contributed by atoms with van der Waals surface area (Å²) in [6.45, 7) is 2.43. The van der Waals surface area contributed by atoms with Crippen LogP contribution in [-0.2, 0) is 6.42 Å². The minimum Gasteiger partial charge on any atom is -0.493 e. The largest absolute Gasteiger partial charge is 0.493 e. The SMILES string of the molecule is Cc1cc(F)cc(C(=O)c2ccc3c(c2)CCO3)c1. The van der Waals surface area contributed by atoms with E-state index in [-0.39, 0.29) is 11.6 Å². The fourth-order valence-corrected chi connectivity index (χ4v) is 2.36. The van der Waals surface area contributed by atoms with Gasteiger partial charge < -0.3 is 4.74 Å². The zero-order valence-electron chi connectivity index (χ0n) is 10.6. The molecule has 0 amide bonds. The molecule has 2 nitrogen and oxygen atoms in total. The molecule has 0 saturated heterocycles. The highest BCUT2D eigenvalue weighted by molar-refractivity contribution is 6.09. The maximum Gasteiger partial charge on any atom is 0.193 e. The molecule has 3 heteroatoms.